The van der Waals surface area contributed by atoms with Crippen molar-refractivity contribution >= 4 is 5.91 Å². The van der Waals surface area contributed by atoms with Crippen LogP contribution in [0.3, 0.4) is 0 Å². The highest BCUT2D eigenvalue weighted by Crippen LogP contribution is 2.31. The Bertz CT molecular complexity index is 580. The highest BCUT2D eigenvalue weighted by atomic mass is 16.6. The minimum Gasteiger partial charge on any atom is -0.486 e. The number of aliphatic hydroxyl groups is 1. The zero-order chi connectivity index (χ0) is 16.3. The van der Waals surface area contributed by atoms with Gasteiger partial charge in [0.25, 0.3) is 0 Å². The quantitative estimate of drug-likeness (QED) is 0.804. The SMILES string of the molecule is NC(=O)C[C@]1(O)COCCN(Cc2ccc3c(c2)OCCO3)C1. The van der Waals surface area contributed by atoms with Gasteiger partial charge in [-0.2, -0.15) is 0 Å². The van der Waals surface area contributed by atoms with Gasteiger partial charge in [0.15, 0.2) is 11.5 Å². The summed E-state index contributed by atoms with van der Waals surface area (Å²) in [4.78, 5) is 13.2. The highest BCUT2D eigenvalue weighted by Gasteiger charge is 2.34. The van der Waals surface area contributed by atoms with Crippen molar-refractivity contribution in [3.63, 3.8) is 0 Å². The Hall–Kier alpha value is -1.83. The summed E-state index contributed by atoms with van der Waals surface area (Å²) in [6.07, 6.45) is -0.107. The molecule has 0 bridgehead atoms. The number of nitrogens with zero attached hydrogens (tertiary/aromatic N) is 1. The summed E-state index contributed by atoms with van der Waals surface area (Å²) in [5.41, 5.74) is 5.04. The number of amides is 1. The third-order valence-electron chi connectivity index (χ3n) is 3.96. The Morgan fingerprint density at radius 3 is 2.83 bits per heavy atom. The Morgan fingerprint density at radius 1 is 1.26 bits per heavy atom. The van der Waals surface area contributed by atoms with Gasteiger partial charge >= 0.3 is 0 Å². The van der Waals surface area contributed by atoms with Crippen molar-refractivity contribution in [1.82, 2.24) is 4.90 Å². The number of nitrogens with two attached hydrogens (primary N) is 1. The monoisotopic (exact) mass is 322 g/mol. The van der Waals surface area contributed by atoms with Gasteiger partial charge in [-0.3, -0.25) is 9.69 Å². The Labute approximate surface area is 134 Å². The molecular formula is C16H22N2O5. The maximum Gasteiger partial charge on any atom is 0.220 e. The summed E-state index contributed by atoms with van der Waals surface area (Å²) in [6, 6.07) is 5.83. The molecule has 1 saturated heterocycles. The first-order valence-electron chi connectivity index (χ1n) is 7.73. The molecule has 1 aromatic carbocycles. The van der Waals surface area contributed by atoms with Gasteiger partial charge in [0, 0.05) is 19.6 Å². The van der Waals surface area contributed by atoms with E-state index >= 15 is 0 Å². The van der Waals surface area contributed by atoms with E-state index in [1.54, 1.807) is 0 Å². The number of carbonyl (C=O) groups excluding carboxylic acids is 1. The molecule has 1 fully saturated rings. The van der Waals surface area contributed by atoms with E-state index < -0.39 is 11.5 Å². The Balaban J connectivity index is 1.69. The summed E-state index contributed by atoms with van der Waals surface area (Å²) in [5.74, 6) is 0.967. The predicted octanol–water partition coefficient (Wildman–Crippen LogP) is -0.104. The van der Waals surface area contributed by atoms with Crippen molar-refractivity contribution in [2.45, 2.75) is 18.6 Å². The molecule has 1 aromatic rings. The van der Waals surface area contributed by atoms with Crippen LogP contribution in [0.1, 0.15) is 12.0 Å². The molecule has 7 nitrogen and oxygen atoms in total. The van der Waals surface area contributed by atoms with E-state index in [9.17, 15) is 9.90 Å². The van der Waals surface area contributed by atoms with Gasteiger partial charge in [0.1, 0.15) is 18.8 Å². The zero-order valence-electron chi connectivity index (χ0n) is 13.0. The predicted molar refractivity (Wildman–Crippen MR) is 82.3 cm³/mol. The van der Waals surface area contributed by atoms with Gasteiger partial charge < -0.3 is 25.1 Å². The van der Waals surface area contributed by atoms with E-state index in [-0.39, 0.29) is 13.0 Å². The number of β-amino-alcohol motifs (C(OH)–C–C–N with tert-alkyl or cyclic N) is 1. The minimum absolute atomic E-state index is 0.107. The van der Waals surface area contributed by atoms with Gasteiger partial charge in [-0.05, 0) is 17.7 Å². The fourth-order valence-corrected chi connectivity index (χ4v) is 3.01. The van der Waals surface area contributed by atoms with E-state index in [4.69, 9.17) is 19.9 Å². The lowest BCUT2D eigenvalue weighted by Crippen LogP contribution is -2.46. The molecule has 3 N–H and O–H groups in total. The van der Waals surface area contributed by atoms with Gasteiger partial charge in [-0.1, -0.05) is 6.07 Å². The third-order valence-corrected chi connectivity index (χ3v) is 3.96. The molecule has 0 aromatic heterocycles. The lowest BCUT2D eigenvalue weighted by molar-refractivity contribution is -0.125. The molecule has 7 heteroatoms. The fourth-order valence-electron chi connectivity index (χ4n) is 3.01. The molecule has 0 saturated carbocycles. The maximum absolute atomic E-state index is 11.2. The summed E-state index contributed by atoms with van der Waals surface area (Å²) >= 11 is 0. The zero-order valence-corrected chi connectivity index (χ0v) is 13.0. The molecule has 0 unspecified atom stereocenters. The second kappa shape index (κ2) is 6.74. The lowest BCUT2D eigenvalue weighted by atomic mass is 9.99. The van der Waals surface area contributed by atoms with E-state index in [1.807, 2.05) is 18.2 Å². The molecule has 0 aliphatic carbocycles. The topological polar surface area (TPSA) is 94.3 Å². The molecule has 3 rings (SSSR count). The largest absolute Gasteiger partial charge is 0.486 e. The lowest BCUT2D eigenvalue weighted by Gasteiger charge is -2.30. The molecule has 2 aliphatic rings. The Morgan fingerprint density at radius 2 is 2.04 bits per heavy atom. The van der Waals surface area contributed by atoms with Crippen LogP contribution in [0.2, 0.25) is 0 Å². The molecule has 2 aliphatic heterocycles. The van der Waals surface area contributed by atoms with Gasteiger partial charge in [-0.15, -0.1) is 0 Å². The van der Waals surface area contributed by atoms with Crippen LogP contribution in [0.25, 0.3) is 0 Å². The standard InChI is InChI=1S/C16H22N2O5/c17-15(19)8-16(20)10-18(3-4-21-11-16)9-12-1-2-13-14(7-12)23-6-5-22-13/h1-2,7,20H,3-6,8-11H2,(H2,17,19)/t16-/m1/s1. The second-order valence-corrected chi connectivity index (χ2v) is 6.11. The number of rotatable bonds is 4. The third kappa shape index (κ3) is 4.13. The smallest absolute Gasteiger partial charge is 0.220 e. The van der Waals surface area contributed by atoms with Crippen LogP contribution in [0.5, 0.6) is 11.5 Å². The number of ether oxygens (including phenoxy) is 3. The van der Waals surface area contributed by atoms with E-state index in [2.05, 4.69) is 4.90 Å². The summed E-state index contributed by atoms with van der Waals surface area (Å²) in [5, 5.41) is 10.5. The molecule has 2 heterocycles. The van der Waals surface area contributed by atoms with E-state index in [0.717, 1.165) is 17.1 Å². The molecular weight excluding hydrogens is 300 g/mol. The Kier molecular flexibility index (Phi) is 4.70. The number of hydrogen-bond acceptors (Lipinski definition) is 6. The van der Waals surface area contributed by atoms with Crippen LogP contribution in [0.4, 0.5) is 0 Å². The summed E-state index contributed by atoms with van der Waals surface area (Å²) in [7, 11) is 0. The number of benzene rings is 1. The number of primary amides is 1. The van der Waals surface area contributed by atoms with Crippen molar-refractivity contribution in [3.05, 3.63) is 23.8 Å². The van der Waals surface area contributed by atoms with Crippen LogP contribution >= 0.6 is 0 Å². The van der Waals surface area contributed by atoms with Crippen LogP contribution in [0, 0.1) is 0 Å². The van der Waals surface area contributed by atoms with Crippen molar-refractivity contribution in [2.24, 2.45) is 5.73 Å². The normalized spacial score (nSPS) is 24.9. The summed E-state index contributed by atoms with van der Waals surface area (Å²) < 4.78 is 16.5. The molecule has 0 radical (unpaired) electrons. The van der Waals surface area contributed by atoms with Gasteiger partial charge in [-0.25, -0.2) is 0 Å². The highest BCUT2D eigenvalue weighted by molar-refractivity contribution is 5.75. The molecule has 23 heavy (non-hydrogen) atoms. The van der Waals surface area contributed by atoms with Crippen LogP contribution < -0.4 is 15.2 Å². The van der Waals surface area contributed by atoms with Crippen molar-refractivity contribution < 1.29 is 24.1 Å². The first kappa shape index (κ1) is 16.0. The number of fused-ring (bicyclic) bond motifs is 1. The first-order valence-corrected chi connectivity index (χ1v) is 7.73. The fraction of sp³-hybridized carbons (Fsp3) is 0.562. The molecule has 0 spiro atoms. The van der Waals surface area contributed by atoms with Crippen molar-refractivity contribution in [3.8, 4) is 11.5 Å². The average Bonchev–Trinajstić information content (AvgIpc) is 2.67. The van der Waals surface area contributed by atoms with Gasteiger partial charge in [0.2, 0.25) is 5.91 Å². The van der Waals surface area contributed by atoms with Crippen molar-refractivity contribution in [1.29, 1.82) is 0 Å². The van der Waals surface area contributed by atoms with E-state index in [1.165, 1.54) is 0 Å². The number of carbonyl (C=O) groups is 1. The van der Waals surface area contributed by atoms with E-state index in [0.29, 0.717) is 39.5 Å². The summed E-state index contributed by atoms with van der Waals surface area (Å²) in [6.45, 7) is 3.38. The van der Waals surface area contributed by atoms with Crippen LogP contribution in [-0.2, 0) is 16.1 Å². The van der Waals surface area contributed by atoms with Gasteiger partial charge in [0.05, 0.1) is 19.6 Å². The first-order chi connectivity index (χ1) is 11.0. The number of hydrogen-bond donors (Lipinski definition) is 2. The molecule has 126 valence electrons. The minimum atomic E-state index is -1.24. The second-order valence-electron chi connectivity index (χ2n) is 6.11. The van der Waals surface area contributed by atoms with Crippen molar-refractivity contribution in [2.75, 3.05) is 39.5 Å². The molecule has 1 atom stereocenters. The average molecular weight is 322 g/mol. The molecule has 1 amide bonds. The maximum atomic E-state index is 11.2. The van der Waals surface area contributed by atoms with Crippen LogP contribution in [0.15, 0.2) is 18.2 Å². The van der Waals surface area contributed by atoms with Crippen LogP contribution in [-0.4, -0.2) is 61.0 Å².